The third-order valence-electron chi connectivity index (χ3n) is 2.43. The molecule has 0 aliphatic rings. The van der Waals surface area contributed by atoms with Gasteiger partial charge in [-0.3, -0.25) is 0 Å². The molecule has 106 valence electrons. The number of aromatic nitrogens is 2. The van der Waals surface area contributed by atoms with E-state index in [0.717, 1.165) is 0 Å². The van der Waals surface area contributed by atoms with Crippen LogP contribution in [0.15, 0.2) is 24.4 Å². The molecule has 0 aliphatic heterocycles. The fraction of sp³-hybridized carbons (Fsp3) is 0.0909. The van der Waals surface area contributed by atoms with E-state index in [0.29, 0.717) is 10.9 Å². The van der Waals surface area contributed by atoms with Gasteiger partial charge in [0.2, 0.25) is 0 Å². The molecule has 4 nitrogen and oxygen atoms in total. The summed E-state index contributed by atoms with van der Waals surface area (Å²) in [4.78, 5) is 10.9. The molecule has 0 spiro atoms. The molecule has 1 aromatic carbocycles. The van der Waals surface area contributed by atoms with Gasteiger partial charge < -0.3 is 5.11 Å². The molecule has 2 aromatic rings. The summed E-state index contributed by atoms with van der Waals surface area (Å²) in [5, 5.41) is 12.1. The highest BCUT2D eigenvalue weighted by molar-refractivity contribution is 6.43. The van der Waals surface area contributed by atoms with E-state index in [2.05, 4.69) is 5.10 Å². The Kier molecular flexibility index (Phi) is 3.66. The lowest BCUT2D eigenvalue weighted by Gasteiger charge is -2.13. The van der Waals surface area contributed by atoms with Crippen LogP contribution in [-0.4, -0.2) is 20.9 Å². The number of rotatable bonds is 2. The Morgan fingerprint density at radius 3 is 2.50 bits per heavy atom. The zero-order valence-electron chi connectivity index (χ0n) is 9.45. The monoisotopic (exact) mass is 324 g/mol. The Morgan fingerprint density at radius 1 is 1.30 bits per heavy atom. The van der Waals surface area contributed by atoms with Crippen molar-refractivity contribution in [2.24, 2.45) is 0 Å². The summed E-state index contributed by atoms with van der Waals surface area (Å²) in [6.07, 6.45) is -4.29. The fourth-order valence-electron chi connectivity index (χ4n) is 1.62. The number of carboxylic acids is 1. The second-order valence-electron chi connectivity index (χ2n) is 3.69. The predicted octanol–water partition coefficient (Wildman–Crippen LogP) is 3.90. The van der Waals surface area contributed by atoms with Gasteiger partial charge in [-0.05, 0) is 12.1 Å². The molecule has 0 fully saturated rings. The molecule has 1 heterocycles. The van der Waals surface area contributed by atoms with Gasteiger partial charge in [0.05, 0.1) is 21.9 Å². The highest BCUT2D eigenvalue weighted by Crippen LogP contribution is 2.36. The van der Waals surface area contributed by atoms with Crippen LogP contribution in [0.4, 0.5) is 13.2 Å². The molecule has 9 heteroatoms. The van der Waals surface area contributed by atoms with Crippen LogP contribution in [0.1, 0.15) is 16.1 Å². The van der Waals surface area contributed by atoms with Crippen molar-refractivity contribution < 1.29 is 23.1 Å². The highest BCUT2D eigenvalue weighted by atomic mass is 35.5. The van der Waals surface area contributed by atoms with Gasteiger partial charge in [-0.15, -0.1) is 0 Å². The number of alkyl halides is 3. The van der Waals surface area contributed by atoms with Crippen molar-refractivity contribution >= 4 is 29.2 Å². The average Bonchev–Trinajstić information content (AvgIpc) is 2.77. The van der Waals surface area contributed by atoms with E-state index in [1.54, 1.807) is 0 Å². The maximum Gasteiger partial charge on any atom is 0.434 e. The number of halogens is 5. The van der Waals surface area contributed by atoms with Crippen molar-refractivity contribution in [1.82, 2.24) is 9.78 Å². The minimum absolute atomic E-state index is 0.0321. The molecular formula is C11H5Cl2F3N2O2. The van der Waals surface area contributed by atoms with Crippen LogP contribution in [0.2, 0.25) is 10.0 Å². The summed E-state index contributed by atoms with van der Waals surface area (Å²) in [7, 11) is 0. The molecule has 1 N–H and O–H groups in total. The molecular weight excluding hydrogens is 320 g/mol. The number of carbonyl (C=O) groups is 1. The lowest BCUT2D eigenvalue weighted by molar-refractivity contribution is -0.143. The number of hydrogen-bond donors (Lipinski definition) is 1. The van der Waals surface area contributed by atoms with Gasteiger partial charge in [0.1, 0.15) is 5.56 Å². The number of carboxylic acid groups (broad SMARTS) is 1. The molecule has 0 aliphatic carbocycles. The summed E-state index contributed by atoms with van der Waals surface area (Å²) in [5.74, 6) is -1.73. The molecule has 0 bridgehead atoms. The van der Waals surface area contributed by atoms with Crippen LogP contribution >= 0.6 is 23.2 Å². The predicted molar refractivity (Wildman–Crippen MR) is 65.5 cm³/mol. The van der Waals surface area contributed by atoms with Gasteiger partial charge in [0.15, 0.2) is 5.69 Å². The van der Waals surface area contributed by atoms with Crippen LogP contribution in [0, 0.1) is 0 Å². The smallest absolute Gasteiger partial charge is 0.434 e. The Balaban J connectivity index is 2.76. The van der Waals surface area contributed by atoms with Crippen molar-refractivity contribution in [3.8, 4) is 5.69 Å². The lowest BCUT2D eigenvalue weighted by atomic mass is 10.2. The molecule has 1 aromatic heterocycles. The molecule has 0 amide bonds. The molecule has 0 radical (unpaired) electrons. The topological polar surface area (TPSA) is 55.1 Å². The van der Waals surface area contributed by atoms with E-state index in [1.807, 2.05) is 0 Å². The van der Waals surface area contributed by atoms with Crippen LogP contribution in [0.25, 0.3) is 5.69 Å². The number of benzene rings is 1. The largest absolute Gasteiger partial charge is 0.478 e. The van der Waals surface area contributed by atoms with Crippen LogP contribution in [0.5, 0.6) is 0 Å². The van der Waals surface area contributed by atoms with Gasteiger partial charge in [-0.2, -0.15) is 18.3 Å². The SMILES string of the molecule is O=C(O)c1cnn(-c2cccc(Cl)c2Cl)c1C(F)(F)F. The second kappa shape index (κ2) is 4.99. The summed E-state index contributed by atoms with van der Waals surface area (Å²) in [6.45, 7) is 0. The minimum atomic E-state index is -4.91. The first kappa shape index (κ1) is 14.7. The van der Waals surface area contributed by atoms with Crippen molar-refractivity contribution in [1.29, 1.82) is 0 Å². The van der Waals surface area contributed by atoms with E-state index in [4.69, 9.17) is 28.3 Å². The summed E-state index contributed by atoms with van der Waals surface area (Å²) < 4.78 is 39.5. The molecule has 20 heavy (non-hydrogen) atoms. The van der Waals surface area contributed by atoms with E-state index in [9.17, 15) is 18.0 Å². The van der Waals surface area contributed by atoms with E-state index in [1.165, 1.54) is 18.2 Å². The van der Waals surface area contributed by atoms with Gasteiger partial charge >= 0.3 is 12.1 Å². The van der Waals surface area contributed by atoms with E-state index >= 15 is 0 Å². The Bertz CT molecular complexity index is 683. The van der Waals surface area contributed by atoms with Gasteiger partial charge in [0, 0.05) is 0 Å². The number of hydrogen-bond acceptors (Lipinski definition) is 2. The Hall–Kier alpha value is -1.73. The first-order chi connectivity index (χ1) is 9.23. The fourth-order valence-corrected chi connectivity index (χ4v) is 1.99. The van der Waals surface area contributed by atoms with Gasteiger partial charge in [-0.25, -0.2) is 9.48 Å². The second-order valence-corrected chi connectivity index (χ2v) is 4.48. The van der Waals surface area contributed by atoms with Gasteiger partial charge in [0.25, 0.3) is 0 Å². The number of nitrogens with zero attached hydrogens (tertiary/aromatic N) is 2. The molecule has 0 saturated carbocycles. The zero-order chi connectivity index (χ0) is 15.1. The first-order valence-electron chi connectivity index (χ1n) is 5.06. The highest BCUT2D eigenvalue weighted by Gasteiger charge is 2.41. The maximum atomic E-state index is 13.0. The molecule has 2 rings (SSSR count). The standard InChI is InChI=1S/C11H5Cl2F3N2O2/c12-6-2-1-3-7(8(6)13)18-9(11(14,15)16)5(4-17-18)10(19)20/h1-4H,(H,19,20). The Morgan fingerprint density at radius 2 is 1.95 bits per heavy atom. The van der Waals surface area contributed by atoms with E-state index < -0.39 is 23.4 Å². The van der Waals surface area contributed by atoms with Crippen molar-refractivity contribution in [2.75, 3.05) is 0 Å². The van der Waals surface area contributed by atoms with Crippen molar-refractivity contribution in [2.45, 2.75) is 6.18 Å². The minimum Gasteiger partial charge on any atom is -0.478 e. The molecule has 0 atom stereocenters. The first-order valence-corrected chi connectivity index (χ1v) is 5.82. The molecule has 0 unspecified atom stereocenters. The van der Waals surface area contributed by atoms with Crippen LogP contribution in [0.3, 0.4) is 0 Å². The average molecular weight is 325 g/mol. The third-order valence-corrected chi connectivity index (χ3v) is 3.24. The van der Waals surface area contributed by atoms with Crippen LogP contribution < -0.4 is 0 Å². The molecule has 0 saturated heterocycles. The van der Waals surface area contributed by atoms with Crippen molar-refractivity contribution in [3.63, 3.8) is 0 Å². The van der Waals surface area contributed by atoms with E-state index in [-0.39, 0.29) is 15.7 Å². The van der Waals surface area contributed by atoms with Crippen LogP contribution in [-0.2, 0) is 6.18 Å². The lowest BCUT2D eigenvalue weighted by Crippen LogP contribution is -2.17. The summed E-state index contributed by atoms with van der Waals surface area (Å²) in [5.41, 5.74) is -2.54. The maximum absolute atomic E-state index is 13.0. The number of aromatic carboxylic acids is 1. The van der Waals surface area contributed by atoms with Gasteiger partial charge in [-0.1, -0.05) is 29.3 Å². The third kappa shape index (κ3) is 2.46. The van der Waals surface area contributed by atoms with Crippen molar-refractivity contribution in [3.05, 3.63) is 45.7 Å². The normalized spacial score (nSPS) is 11.7. The summed E-state index contributed by atoms with van der Waals surface area (Å²) >= 11 is 11.6. The Labute approximate surface area is 120 Å². The summed E-state index contributed by atoms with van der Waals surface area (Å²) in [6, 6.07) is 4.02. The zero-order valence-corrected chi connectivity index (χ0v) is 11.0. The quantitative estimate of drug-likeness (QED) is 0.911.